The van der Waals surface area contributed by atoms with Crippen molar-refractivity contribution in [1.29, 1.82) is 0 Å². The Morgan fingerprint density at radius 1 is 1.09 bits per heavy atom. The molecule has 0 aliphatic rings. The number of aromatic hydroxyl groups is 1. The van der Waals surface area contributed by atoms with E-state index in [0.717, 1.165) is 16.8 Å². The molecule has 0 saturated carbocycles. The fourth-order valence-corrected chi connectivity index (χ4v) is 2.38. The van der Waals surface area contributed by atoms with E-state index in [1.807, 2.05) is 57.2 Å². The third kappa shape index (κ3) is 4.48. The molecule has 0 saturated heterocycles. The Bertz CT molecular complexity index is 705. The highest BCUT2D eigenvalue weighted by Gasteiger charge is 2.20. The number of rotatable bonds is 2. The Kier molecular flexibility index (Phi) is 5.00. The highest BCUT2D eigenvalue weighted by molar-refractivity contribution is 9.10. The predicted octanol–water partition coefficient (Wildman–Crippen LogP) is 5.19. The summed E-state index contributed by atoms with van der Waals surface area (Å²) in [5.41, 5.74) is 2.19. The smallest absolute Gasteiger partial charge is 0.414 e. The predicted molar refractivity (Wildman–Crippen MR) is 95.9 cm³/mol. The van der Waals surface area contributed by atoms with Crippen LogP contribution in [0.25, 0.3) is 11.1 Å². The van der Waals surface area contributed by atoms with Gasteiger partial charge in [0.1, 0.15) is 11.4 Å². The fourth-order valence-electron chi connectivity index (χ4n) is 2.00. The second-order valence-electron chi connectivity index (χ2n) is 6.25. The second kappa shape index (κ2) is 6.62. The number of halogens is 1. The number of phenolic OH excluding ortho intramolecular Hbond substituents is 1. The van der Waals surface area contributed by atoms with E-state index in [1.165, 1.54) is 4.90 Å². The number of anilines is 1. The molecule has 1 amide bonds. The van der Waals surface area contributed by atoms with Crippen molar-refractivity contribution in [1.82, 2.24) is 0 Å². The lowest BCUT2D eigenvalue weighted by Gasteiger charge is -2.24. The van der Waals surface area contributed by atoms with Crippen molar-refractivity contribution in [3.8, 4) is 16.9 Å². The molecule has 0 atom stereocenters. The van der Waals surface area contributed by atoms with Gasteiger partial charge in [-0.05, 0) is 72.1 Å². The Labute approximate surface area is 144 Å². The van der Waals surface area contributed by atoms with Gasteiger partial charge in [-0.2, -0.15) is 0 Å². The molecule has 0 spiro atoms. The maximum absolute atomic E-state index is 12.1. The molecule has 0 aromatic heterocycles. The first-order valence-electron chi connectivity index (χ1n) is 7.23. The highest BCUT2D eigenvalue weighted by atomic mass is 79.9. The molecule has 0 aliphatic carbocycles. The van der Waals surface area contributed by atoms with Crippen LogP contribution in [0, 0.1) is 0 Å². The number of amides is 1. The van der Waals surface area contributed by atoms with Gasteiger partial charge < -0.3 is 9.84 Å². The number of nitrogens with zero attached hydrogens (tertiary/aromatic N) is 1. The number of carbonyl (C=O) groups excluding carboxylic acids is 1. The topological polar surface area (TPSA) is 49.8 Å². The Morgan fingerprint density at radius 3 is 2.17 bits per heavy atom. The van der Waals surface area contributed by atoms with Crippen LogP contribution in [-0.2, 0) is 4.74 Å². The van der Waals surface area contributed by atoms with Gasteiger partial charge in [-0.1, -0.05) is 18.2 Å². The van der Waals surface area contributed by atoms with Crippen molar-refractivity contribution >= 4 is 27.7 Å². The first-order chi connectivity index (χ1) is 10.7. The van der Waals surface area contributed by atoms with Crippen LogP contribution in [0.5, 0.6) is 5.75 Å². The van der Waals surface area contributed by atoms with E-state index in [-0.39, 0.29) is 5.75 Å². The average molecular weight is 378 g/mol. The van der Waals surface area contributed by atoms with Gasteiger partial charge in [0.05, 0.1) is 4.47 Å². The molecule has 23 heavy (non-hydrogen) atoms. The molecule has 0 aliphatic heterocycles. The van der Waals surface area contributed by atoms with Gasteiger partial charge in [0, 0.05) is 12.7 Å². The van der Waals surface area contributed by atoms with Crippen molar-refractivity contribution in [2.45, 2.75) is 26.4 Å². The molecule has 0 radical (unpaired) electrons. The molecule has 2 aromatic carbocycles. The van der Waals surface area contributed by atoms with Crippen molar-refractivity contribution in [2.75, 3.05) is 11.9 Å². The molecular weight excluding hydrogens is 358 g/mol. The van der Waals surface area contributed by atoms with Gasteiger partial charge in [-0.15, -0.1) is 0 Å². The molecule has 0 heterocycles. The normalized spacial score (nSPS) is 11.2. The number of hydrogen-bond donors (Lipinski definition) is 1. The van der Waals surface area contributed by atoms with E-state index in [0.29, 0.717) is 4.47 Å². The Hall–Kier alpha value is -2.01. The quantitative estimate of drug-likeness (QED) is 0.782. The number of carbonyl (C=O) groups is 1. The number of benzene rings is 2. The molecule has 0 fully saturated rings. The summed E-state index contributed by atoms with van der Waals surface area (Å²) in [6.45, 7) is 5.51. The zero-order valence-corrected chi connectivity index (χ0v) is 15.2. The molecule has 2 aromatic rings. The summed E-state index contributed by atoms with van der Waals surface area (Å²) >= 11 is 3.31. The number of hydrogen-bond acceptors (Lipinski definition) is 3. The van der Waals surface area contributed by atoms with Gasteiger partial charge in [0.15, 0.2) is 0 Å². The summed E-state index contributed by atoms with van der Waals surface area (Å²) < 4.78 is 5.99. The van der Waals surface area contributed by atoms with Crippen LogP contribution in [0.1, 0.15) is 20.8 Å². The van der Waals surface area contributed by atoms with Crippen molar-refractivity contribution in [2.24, 2.45) is 0 Å². The first kappa shape index (κ1) is 17.3. The van der Waals surface area contributed by atoms with Crippen LogP contribution in [0.2, 0.25) is 0 Å². The van der Waals surface area contributed by atoms with Gasteiger partial charge in [0.2, 0.25) is 0 Å². The summed E-state index contributed by atoms with van der Waals surface area (Å²) in [7, 11) is 1.68. The highest BCUT2D eigenvalue weighted by Crippen LogP contribution is 2.30. The van der Waals surface area contributed by atoms with Gasteiger partial charge in [-0.25, -0.2) is 4.79 Å². The van der Waals surface area contributed by atoms with Crippen molar-refractivity contribution in [3.05, 3.63) is 46.9 Å². The van der Waals surface area contributed by atoms with Crippen LogP contribution in [0.4, 0.5) is 10.5 Å². The fraction of sp³-hybridized carbons (Fsp3) is 0.278. The van der Waals surface area contributed by atoms with Crippen LogP contribution < -0.4 is 4.90 Å². The average Bonchev–Trinajstić information content (AvgIpc) is 2.48. The molecule has 2 rings (SSSR count). The summed E-state index contributed by atoms with van der Waals surface area (Å²) in [5, 5.41) is 9.56. The maximum atomic E-state index is 12.1. The minimum absolute atomic E-state index is 0.204. The third-order valence-corrected chi connectivity index (χ3v) is 3.84. The summed E-state index contributed by atoms with van der Waals surface area (Å²) in [5.74, 6) is 0.204. The molecule has 4 nitrogen and oxygen atoms in total. The first-order valence-corrected chi connectivity index (χ1v) is 8.02. The summed E-state index contributed by atoms with van der Waals surface area (Å²) in [6, 6.07) is 12.9. The van der Waals surface area contributed by atoms with Gasteiger partial charge in [0.25, 0.3) is 0 Å². The van der Waals surface area contributed by atoms with Crippen LogP contribution in [0.15, 0.2) is 46.9 Å². The van der Waals surface area contributed by atoms with E-state index < -0.39 is 11.7 Å². The van der Waals surface area contributed by atoms with E-state index in [4.69, 9.17) is 4.74 Å². The standard InChI is InChI=1S/C18H20BrNO3/c1-18(2,3)23-17(22)20(4)14-8-5-12(6-9-14)13-7-10-16(21)15(19)11-13/h5-11,21H,1-4H3. The molecule has 0 bridgehead atoms. The zero-order chi connectivity index (χ0) is 17.2. The third-order valence-electron chi connectivity index (χ3n) is 3.20. The van der Waals surface area contributed by atoms with E-state index in [1.54, 1.807) is 13.1 Å². The van der Waals surface area contributed by atoms with Gasteiger partial charge in [-0.3, -0.25) is 4.90 Å². The van der Waals surface area contributed by atoms with Crippen LogP contribution >= 0.6 is 15.9 Å². The molecule has 5 heteroatoms. The van der Waals surface area contributed by atoms with Gasteiger partial charge >= 0.3 is 6.09 Å². The second-order valence-corrected chi connectivity index (χ2v) is 7.11. The molecule has 1 N–H and O–H groups in total. The lowest BCUT2D eigenvalue weighted by molar-refractivity contribution is 0.0589. The SMILES string of the molecule is CN(C(=O)OC(C)(C)C)c1ccc(-c2ccc(O)c(Br)c2)cc1. The zero-order valence-electron chi connectivity index (χ0n) is 13.6. The van der Waals surface area contributed by atoms with E-state index in [2.05, 4.69) is 15.9 Å². The largest absolute Gasteiger partial charge is 0.507 e. The van der Waals surface area contributed by atoms with Crippen molar-refractivity contribution in [3.63, 3.8) is 0 Å². The lowest BCUT2D eigenvalue weighted by atomic mass is 10.1. The Balaban J connectivity index is 2.18. The minimum atomic E-state index is -0.524. The monoisotopic (exact) mass is 377 g/mol. The Morgan fingerprint density at radius 2 is 1.65 bits per heavy atom. The minimum Gasteiger partial charge on any atom is -0.507 e. The molecule has 122 valence electrons. The van der Waals surface area contributed by atoms with E-state index >= 15 is 0 Å². The van der Waals surface area contributed by atoms with Crippen LogP contribution in [-0.4, -0.2) is 23.8 Å². The van der Waals surface area contributed by atoms with Crippen LogP contribution in [0.3, 0.4) is 0 Å². The number of ether oxygens (including phenoxy) is 1. The molecular formula is C18H20BrNO3. The maximum Gasteiger partial charge on any atom is 0.414 e. The molecule has 0 unspecified atom stereocenters. The number of phenols is 1. The van der Waals surface area contributed by atoms with E-state index in [9.17, 15) is 9.90 Å². The lowest BCUT2D eigenvalue weighted by Crippen LogP contribution is -2.34. The summed E-state index contributed by atoms with van der Waals surface area (Å²) in [4.78, 5) is 13.5. The van der Waals surface area contributed by atoms with Crippen molar-refractivity contribution < 1.29 is 14.6 Å². The summed E-state index contributed by atoms with van der Waals surface area (Å²) in [6.07, 6.45) is -0.391.